The number of aryl methyl sites for hydroxylation is 1. The van der Waals surface area contributed by atoms with Gasteiger partial charge < -0.3 is 4.40 Å². The van der Waals surface area contributed by atoms with Crippen LogP contribution < -0.4 is 0 Å². The van der Waals surface area contributed by atoms with E-state index in [0.717, 1.165) is 33.6 Å². The summed E-state index contributed by atoms with van der Waals surface area (Å²) in [7, 11) is 0. The van der Waals surface area contributed by atoms with E-state index in [4.69, 9.17) is 4.98 Å². The van der Waals surface area contributed by atoms with Crippen molar-refractivity contribution in [3.63, 3.8) is 0 Å². The first kappa shape index (κ1) is 18.6. The zero-order valence-electron chi connectivity index (χ0n) is 16.5. The van der Waals surface area contributed by atoms with Crippen LogP contribution in [-0.2, 0) is 12.3 Å². The smallest absolute Gasteiger partial charge is 0.192 e. The molecule has 7 heteroatoms. The van der Waals surface area contributed by atoms with Crippen molar-refractivity contribution in [2.45, 2.75) is 24.4 Å². The molecule has 0 fully saturated rings. The third-order valence-corrected chi connectivity index (χ3v) is 5.84. The van der Waals surface area contributed by atoms with E-state index in [1.54, 1.807) is 24.2 Å². The molecule has 5 rings (SSSR count). The molecule has 0 aliphatic heterocycles. The molecule has 30 heavy (non-hydrogen) atoms. The van der Waals surface area contributed by atoms with Crippen LogP contribution in [0.2, 0.25) is 0 Å². The average Bonchev–Trinajstić information content (AvgIpc) is 3.37. The second kappa shape index (κ2) is 8.12. The highest BCUT2D eigenvalue weighted by Crippen LogP contribution is 2.27. The maximum absolute atomic E-state index is 4.72. The summed E-state index contributed by atoms with van der Waals surface area (Å²) in [4.78, 5) is 8.84. The maximum atomic E-state index is 4.72. The summed E-state index contributed by atoms with van der Waals surface area (Å²) < 4.78 is 4.23. The van der Waals surface area contributed by atoms with Crippen molar-refractivity contribution in [2.24, 2.45) is 0 Å². The lowest BCUT2D eigenvalue weighted by molar-refractivity contribution is 0.714. The molecular formula is C23H20N6S. The third-order valence-electron chi connectivity index (χ3n) is 4.84. The van der Waals surface area contributed by atoms with E-state index < -0.39 is 0 Å². The minimum Gasteiger partial charge on any atom is -0.307 e. The van der Waals surface area contributed by atoms with Gasteiger partial charge >= 0.3 is 0 Å². The molecule has 0 atom stereocenters. The first-order chi connectivity index (χ1) is 14.8. The fourth-order valence-electron chi connectivity index (χ4n) is 3.38. The Morgan fingerprint density at radius 3 is 2.57 bits per heavy atom. The maximum Gasteiger partial charge on any atom is 0.192 e. The molecule has 148 valence electrons. The van der Waals surface area contributed by atoms with Crippen LogP contribution in [0.5, 0.6) is 0 Å². The molecule has 0 saturated heterocycles. The van der Waals surface area contributed by atoms with Crippen LogP contribution in [-0.4, -0.2) is 29.1 Å². The number of thioether (sulfide) groups is 1. The topological polar surface area (TPSA) is 60.9 Å². The van der Waals surface area contributed by atoms with Crippen LogP contribution in [0.1, 0.15) is 16.8 Å². The largest absolute Gasteiger partial charge is 0.307 e. The van der Waals surface area contributed by atoms with Crippen molar-refractivity contribution in [3.05, 3.63) is 96.2 Å². The van der Waals surface area contributed by atoms with Crippen molar-refractivity contribution >= 4 is 17.4 Å². The molecular weight excluding hydrogens is 392 g/mol. The third kappa shape index (κ3) is 3.84. The number of fused-ring (bicyclic) bond motifs is 1. The van der Waals surface area contributed by atoms with Gasteiger partial charge in [-0.2, -0.15) is 0 Å². The van der Waals surface area contributed by atoms with Gasteiger partial charge in [0.2, 0.25) is 0 Å². The Labute approximate surface area is 178 Å². The monoisotopic (exact) mass is 412 g/mol. The summed E-state index contributed by atoms with van der Waals surface area (Å²) in [6.07, 6.45) is 7.73. The van der Waals surface area contributed by atoms with Gasteiger partial charge in [0.05, 0.1) is 12.2 Å². The number of aromatic nitrogens is 6. The average molecular weight is 413 g/mol. The van der Waals surface area contributed by atoms with Crippen LogP contribution in [0, 0.1) is 6.92 Å². The van der Waals surface area contributed by atoms with Gasteiger partial charge in [0.25, 0.3) is 0 Å². The zero-order valence-corrected chi connectivity index (χ0v) is 17.3. The predicted octanol–water partition coefficient (Wildman–Crippen LogP) is 4.64. The van der Waals surface area contributed by atoms with E-state index in [1.165, 1.54) is 11.1 Å². The molecule has 0 N–H and O–H groups in total. The summed E-state index contributed by atoms with van der Waals surface area (Å²) in [5.74, 6) is 1.57. The molecule has 6 nitrogen and oxygen atoms in total. The Hall–Kier alpha value is -3.45. The van der Waals surface area contributed by atoms with Gasteiger partial charge in [-0.05, 0) is 36.2 Å². The highest BCUT2D eigenvalue weighted by Gasteiger charge is 2.15. The van der Waals surface area contributed by atoms with E-state index >= 15 is 0 Å². The van der Waals surface area contributed by atoms with Crippen molar-refractivity contribution in [1.29, 1.82) is 0 Å². The number of imidazole rings is 1. The van der Waals surface area contributed by atoms with E-state index in [1.807, 2.05) is 24.3 Å². The molecule has 0 amide bonds. The summed E-state index contributed by atoms with van der Waals surface area (Å²) >= 11 is 1.65. The van der Waals surface area contributed by atoms with Gasteiger partial charge in [-0.25, -0.2) is 4.98 Å². The van der Waals surface area contributed by atoms with Crippen molar-refractivity contribution < 1.29 is 0 Å². The molecule has 0 aliphatic rings. The number of hydrogen-bond acceptors (Lipinski definition) is 5. The van der Waals surface area contributed by atoms with Crippen LogP contribution in [0.15, 0.2) is 84.5 Å². The standard InChI is InChI=1S/C23H20N6S/c1-17-7-8-21-25-20(15-28(21)13-17)16-30-23-27-26-22(19-9-11-24-12-10-19)29(23)14-18-5-3-2-4-6-18/h2-13,15H,14,16H2,1H3. The minimum atomic E-state index is 0.707. The molecule has 0 aliphatic carbocycles. The molecule has 0 spiro atoms. The molecule has 0 unspecified atom stereocenters. The van der Waals surface area contributed by atoms with Crippen LogP contribution in [0.3, 0.4) is 0 Å². The second-order valence-electron chi connectivity index (χ2n) is 7.11. The normalized spacial score (nSPS) is 11.2. The molecule has 1 aromatic carbocycles. The first-order valence-corrected chi connectivity index (χ1v) is 10.7. The highest BCUT2D eigenvalue weighted by molar-refractivity contribution is 7.98. The van der Waals surface area contributed by atoms with E-state index in [-0.39, 0.29) is 0 Å². The predicted molar refractivity (Wildman–Crippen MR) is 118 cm³/mol. The number of hydrogen-bond donors (Lipinski definition) is 0. The van der Waals surface area contributed by atoms with Crippen molar-refractivity contribution in [1.82, 2.24) is 29.1 Å². The molecule has 5 aromatic rings. The Kier molecular flexibility index (Phi) is 5.03. The SMILES string of the molecule is Cc1ccc2nc(CSc3nnc(-c4ccncc4)n3Cc3ccccc3)cn2c1. The number of benzene rings is 1. The number of rotatable bonds is 6. The number of nitrogens with zero attached hydrogens (tertiary/aromatic N) is 6. The fraction of sp³-hybridized carbons (Fsp3) is 0.130. The van der Waals surface area contributed by atoms with Gasteiger partial charge in [0.1, 0.15) is 5.65 Å². The molecule has 4 heterocycles. The number of pyridine rings is 2. The quantitative estimate of drug-likeness (QED) is 0.380. The Bertz CT molecular complexity index is 1280. The van der Waals surface area contributed by atoms with Crippen molar-refractivity contribution in [3.8, 4) is 11.4 Å². The lowest BCUT2D eigenvalue weighted by atomic mass is 10.2. The van der Waals surface area contributed by atoms with Gasteiger partial charge in [-0.3, -0.25) is 9.55 Å². The minimum absolute atomic E-state index is 0.707. The Morgan fingerprint density at radius 2 is 1.73 bits per heavy atom. The van der Waals surface area contributed by atoms with Crippen LogP contribution in [0.4, 0.5) is 0 Å². The summed E-state index contributed by atoms with van der Waals surface area (Å²) in [5, 5.41) is 9.85. The zero-order chi connectivity index (χ0) is 20.3. The highest BCUT2D eigenvalue weighted by atomic mass is 32.2. The van der Waals surface area contributed by atoms with Gasteiger partial charge in [-0.1, -0.05) is 48.2 Å². The second-order valence-corrected chi connectivity index (χ2v) is 8.05. The van der Waals surface area contributed by atoms with Crippen molar-refractivity contribution in [2.75, 3.05) is 0 Å². The summed E-state index contributed by atoms with van der Waals surface area (Å²) in [6.45, 7) is 2.79. The van der Waals surface area contributed by atoms with E-state index in [0.29, 0.717) is 6.54 Å². The molecule has 0 saturated carbocycles. The van der Waals surface area contributed by atoms with E-state index in [2.05, 4.69) is 73.8 Å². The van der Waals surface area contributed by atoms with Gasteiger partial charge in [0, 0.05) is 36.1 Å². The first-order valence-electron chi connectivity index (χ1n) is 9.71. The molecule has 0 bridgehead atoms. The summed E-state index contributed by atoms with van der Waals surface area (Å²) in [5.41, 5.74) is 5.40. The Morgan fingerprint density at radius 1 is 0.900 bits per heavy atom. The fourth-order valence-corrected chi connectivity index (χ4v) is 4.20. The lowest BCUT2D eigenvalue weighted by Crippen LogP contribution is -2.04. The van der Waals surface area contributed by atoms with Gasteiger partial charge in [-0.15, -0.1) is 10.2 Å². The van der Waals surface area contributed by atoms with Crippen LogP contribution >= 0.6 is 11.8 Å². The Balaban J connectivity index is 1.45. The van der Waals surface area contributed by atoms with Crippen LogP contribution in [0.25, 0.3) is 17.0 Å². The summed E-state index contributed by atoms with van der Waals surface area (Å²) in [6, 6.07) is 18.4. The molecule has 4 aromatic heterocycles. The molecule has 0 radical (unpaired) electrons. The van der Waals surface area contributed by atoms with Gasteiger partial charge in [0.15, 0.2) is 11.0 Å². The lowest BCUT2D eigenvalue weighted by Gasteiger charge is -2.10. The van der Waals surface area contributed by atoms with E-state index in [9.17, 15) is 0 Å².